The van der Waals surface area contributed by atoms with E-state index in [-0.39, 0.29) is 20.5 Å². The van der Waals surface area contributed by atoms with Crippen LogP contribution in [-0.2, 0) is 19.4 Å². The van der Waals surface area contributed by atoms with Gasteiger partial charge in [0.05, 0.1) is 10.5 Å². The van der Waals surface area contributed by atoms with Crippen LogP contribution in [0.3, 0.4) is 0 Å². The monoisotopic (exact) mass is 401 g/mol. The van der Waals surface area contributed by atoms with E-state index in [1.165, 1.54) is 42.5 Å². The fourth-order valence-corrected chi connectivity index (χ4v) is 3.03. The van der Waals surface area contributed by atoms with Crippen molar-refractivity contribution in [1.82, 2.24) is 0 Å². The fourth-order valence-electron chi connectivity index (χ4n) is 1.87. The Balaban J connectivity index is 1.93. The van der Waals surface area contributed by atoms with E-state index in [1.807, 2.05) is 0 Å². The van der Waals surface area contributed by atoms with E-state index in [9.17, 15) is 18.0 Å². The number of rotatable bonds is 5. The van der Waals surface area contributed by atoms with Gasteiger partial charge in [0, 0.05) is 22.0 Å². The molecule has 0 heterocycles. The van der Waals surface area contributed by atoms with Crippen LogP contribution in [0.25, 0.3) is 0 Å². The molecule has 6 nitrogen and oxygen atoms in total. The van der Waals surface area contributed by atoms with E-state index < -0.39 is 28.3 Å². The average Bonchev–Trinajstić information content (AvgIpc) is 2.51. The minimum Gasteiger partial charge on any atom is -0.452 e. The second-order valence-corrected chi connectivity index (χ2v) is 7.97. The topological polar surface area (TPSA) is 89.5 Å². The van der Waals surface area contributed by atoms with E-state index >= 15 is 0 Å². The molecule has 9 heteroatoms. The van der Waals surface area contributed by atoms with Crippen molar-refractivity contribution in [3.8, 4) is 0 Å². The Kier molecular flexibility index (Phi) is 6.05. The summed E-state index contributed by atoms with van der Waals surface area (Å²) in [6, 6.07) is 9.82. The Hall–Kier alpha value is -2.09. The maximum Gasteiger partial charge on any atom is 0.338 e. The van der Waals surface area contributed by atoms with Gasteiger partial charge < -0.3 is 10.1 Å². The molecule has 0 bridgehead atoms. The highest BCUT2D eigenvalue weighted by Gasteiger charge is 2.12. The number of ether oxygens (including phenoxy) is 1. The van der Waals surface area contributed by atoms with Gasteiger partial charge in [-0.3, -0.25) is 4.79 Å². The number of hydrogen-bond acceptors (Lipinski definition) is 5. The van der Waals surface area contributed by atoms with Gasteiger partial charge in [-0.25, -0.2) is 13.2 Å². The highest BCUT2D eigenvalue weighted by atomic mass is 35.5. The van der Waals surface area contributed by atoms with Gasteiger partial charge in [0.25, 0.3) is 5.91 Å². The summed E-state index contributed by atoms with van der Waals surface area (Å²) in [5.74, 6) is -1.32. The van der Waals surface area contributed by atoms with E-state index in [0.29, 0.717) is 5.69 Å². The van der Waals surface area contributed by atoms with Gasteiger partial charge in [0.2, 0.25) is 0 Å². The summed E-state index contributed by atoms with van der Waals surface area (Å²) in [5, 5.41) is 3.03. The smallest absolute Gasteiger partial charge is 0.338 e. The van der Waals surface area contributed by atoms with Crippen LogP contribution < -0.4 is 5.32 Å². The molecule has 25 heavy (non-hydrogen) atoms. The first-order valence-electron chi connectivity index (χ1n) is 6.88. The molecule has 0 spiro atoms. The second kappa shape index (κ2) is 7.86. The number of benzene rings is 2. The Bertz CT molecular complexity index is 890. The van der Waals surface area contributed by atoms with Gasteiger partial charge in [-0.15, -0.1) is 0 Å². The SMILES string of the molecule is CS(=O)(=O)c1ccc(NC(=O)COC(=O)c2cc(Cl)cc(Cl)c2)cc1. The van der Waals surface area contributed by atoms with Crippen LogP contribution in [0.4, 0.5) is 5.69 Å². The van der Waals surface area contributed by atoms with Crippen molar-refractivity contribution < 1.29 is 22.7 Å². The van der Waals surface area contributed by atoms with Gasteiger partial charge in [-0.2, -0.15) is 0 Å². The number of anilines is 1. The zero-order valence-electron chi connectivity index (χ0n) is 13.0. The summed E-state index contributed by atoms with van der Waals surface area (Å²) in [5.41, 5.74) is 0.502. The van der Waals surface area contributed by atoms with Crippen LogP contribution in [0, 0.1) is 0 Å². The average molecular weight is 402 g/mol. The maximum atomic E-state index is 11.9. The predicted octanol–water partition coefficient (Wildman–Crippen LogP) is 3.19. The lowest BCUT2D eigenvalue weighted by atomic mass is 10.2. The van der Waals surface area contributed by atoms with Crippen molar-refractivity contribution in [3.63, 3.8) is 0 Å². The predicted molar refractivity (Wildman–Crippen MR) is 94.9 cm³/mol. The van der Waals surface area contributed by atoms with Crippen LogP contribution in [0.15, 0.2) is 47.4 Å². The molecular formula is C16H13Cl2NO5S. The van der Waals surface area contributed by atoms with Crippen LogP contribution >= 0.6 is 23.2 Å². The van der Waals surface area contributed by atoms with E-state index in [0.717, 1.165) is 6.26 Å². The van der Waals surface area contributed by atoms with E-state index in [2.05, 4.69) is 5.32 Å². The lowest BCUT2D eigenvalue weighted by molar-refractivity contribution is -0.119. The van der Waals surface area contributed by atoms with Gasteiger partial charge >= 0.3 is 5.97 Å². The molecule has 0 aliphatic carbocycles. The Morgan fingerprint density at radius 3 is 2.12 bits per heavy atom. The number of amides is 1. The van der Waals surface area contributed by atoms with Crippen molar-refractivity contribution in [2.75, 3.05) is 18.2 Å². The molecule has 132 valence electrons. The molecule has 1 N–H and O–H groups in total. The first-order chi connectivity index (χ1) is 11.6. The molecule has 0 radical (unpaired) electrons. The molecular weight excluding hydrogens is 389 g/mol. The third-order valence-corrected chi connectivity index (χ3v) is 4.56. The fraction of sp³-hybridized carbons (Fsp3) is 0.125. The minimum atomic E-state index is -3.31. The number of carbonyl (C=O) groups is 2. The third kappa shape index (κ3) is 5.74. The highest BCUT2D eigenvalue weighted by Crippen LogP contribution is 2.19. The van der Waals surface area contributed by atoms with Crippen LogP contribution in [-0.4, -0.2) is 33.2 Å². The largest absolute Gasteiger partial charge is 0.452 e. The number of sulfone groups is 1. The molecule has 2 aromatic rings. The molecule has 2 aromatic carbocycles. The molecule has 1 amide bonds. The summed E-state index contributed by atoms with van der Waals surface area (Å²) in [6.07, 6.45) is 1.09. The molecule has 0 saturated heterocycles. The Morgan fingerprint density at radius 2 is 1.60 bits per heavy atom. The molecule has 0 unspecified atom stereocenters. The highest BCUT2D eigenvalue weighted by molar-refractivity contribution is 7.90. The lowest BCUT2D eigenvalue weighted by Gasteiger charge is -2.08. The summed E-state index contributed by atoms with van der Waals surface area (Å²) in [7, 11) is -3.31. The zero-order valence-corrected chi connectivity index (χ0v) is 15.3. The first kappa shape index (κ1) is 19.2. The third-order valence-electron chi connectivity index (χ3n) is 3.00. The summed E-state index contributed by atoms with van der Waals surface area (Å²) < 4.78 is 27.6. The molecule has 0 aromatic heterocycles. The summed E-state index contributed by atoms with van der Waals surface area (Å²) in [4.78, 5) is 23.8. The Labute approximate surface area is 154 Å². The molecule has 0 aliphatic rings. The summed E-state index contributed by atoms with van der Waals surface area (Å²) in [6.45, 7) is -0.517. The quantitative estimate of drug-likeness (QED) is 0.776. The van der Waals surface area contributed by atoms with Gasteiger partial charge in [0.15, 0.2) is 16.4 Å². The number of halogens is 2. The lowest BCUT2D eigenvalue weighted by Crippen LogP contribution is -2.21. The molecule has 0 saturated carbocycles. The standard InChI is InChI=1S/C16H13Cl2NO5S/c1-25(22,23)14-4-2-13(3-5-14)19-15(20)9-24-16(21)10-6-11(17)8-12(18)7-10/h2-8H,9H2,1H3,(H,19,20). The molecule has 0 fully saturated rings. The Morgan fingerprint density at radius 1 is 1.04 bits per heavy atom. The van der Waals surface area contributed by atoms with Crippen molar-refractivity contribution in [2.24, 2.45) is 0 Å². The van der Waals surface area contributed by atoms with Crippen LogP contribution in [0.1, 0.15) is 10.4 Å². The summed E-state index contributed by atoms with van der Waals surface area (Å²) >= 11 is 11.6. The van der Waals surface area contributed by atoms with E-state index in [4.69, 9.17) is 27.9 Å². The number of nitrogens with one attached hydrogen (secondary N) is 1. The normalized spacial score (nSPS) is 11.0. The van der Waals surface area contributed by atoms with Gasteiger partial charge in [-0.05, 0) is 42.5 Å². The number of carbonyl (C=O) groups excluding carboxylic acids is 2. The van der Waals surface area contributed by atoms with E-state index in [1.54, 1.807) is 0 Å². The van der Waals surface area contributed by atoms with Gasteiger partial charge in [-0.1, -0.05) is 23.2 Å². The van der Waals surface area contributed by atoms with Crippen LogP contribution in [0.5, 0.6) is 0 Å². The van der Waals surface area contributed by atoms with Crippen LogP contribution in [0.2, 0.25) is 10.0 Å². The first-order valence-corrected chi connectivity index (χ1v) is 9.53. The minimum absolute atomic E-state index is 0.128. The van der Waals surface area contributed by atoms with Gasteiger partial charge in [0.1, 0.15) is 0 Å². The second-order valence-electron chi connectivity index (χ2n) is 5.08. The number of hydrogen-bond donors (Lipinski definition) is 1. The molecule has 0 aliphatic heterocycles. The van der Waals surface area contributed by atoms with Crippen molar-refractivity contribution >= 4 is 50.6 Å². The van der Waals surface area contributed by atoms with Crippen molar-refractivity contribution in [2.45, 2.75) is 4.90 Å². The zero-order chi connectivity index (χ0) is 18.6. The maximum absolute atomic E-state index is 11.9. The van der Waals surface area contributed by atoms with Crippen molar-refractivity contribution in [1.29, 1.82) is 0 Å². The molecule has 2 rings (SSSR count). The molecule has 0 atom stereocenters. The number of esters is 1. The van der Waals surface area contributed by atoms with Crippen molar-refractivity contribution in [3.05, 3.63) is 58.1 Å².